The molecule has 18 heavy (non-hydrogen) atoms. The van der Waals surface area contributed by atoms with E-state index >= 15 is 0 Å². The van der Waals surface area contributed by atoms with E-state index in [0.717, 1.165) is 30.4 Å². The zero-order valence-electron chi connectivity index (χ0n) is 10.9. The lowest BCUT2D eigenvalue weighted by Crippen LogP contribution is -2.38. The Bertz CT molecular complexity index is 625. The lowest BCUT2D eigenvalue weighted by molar-refractivity contribution is 0.314. The third-order valence-electron chi connectivity index (χ3n) is 3.83. The second kappa shape index (κ2) is 4.28. The number of benzene rings is 1. The first-order valence-corrected chi connectivity index (χ1v) is 6.59. The van der Waals surface area contributed by atoms with E-state index in [-0.39, 0.29) is 5.69 Å². The average molecular weight is 245 g/mol. The van der Waals surface area contributed by atoms with E-state index in [4.69, 9.17) is 0 Å². The summed E-state index contributed by atoms with van der Waals surface area (Å²) in [5.74, 6) is 0. The fourth-order valence-corrected chi connectivity index (χ4v) is 2.93. The maximum absolute atomic E-state index is 12.1. The summed E-state index contributed by atoms with van der Waals surface area (Å²) in [7, 11) is 0. The minimum Gasteiger partial charge on any atom is -0.314 e. The van der Waals surface area contributed by atoms with Crippen LogP contribution in [-0.2, 0) is 0 Å². The molecule has 96 valence electrons. The van der Waals surface area contributed by atoms with E-state index < -0.39 is 0 Å². The van der Waals surface area contributed by atoms with Crippen LogP contribution in [0.1, 0.15) is 31.4 Å². The summed E-state index contributed by atoms with van der Waals surface area (Å²) in [6.07, 6.45) is 2.03. The number of nitrogens with zero attached hydrogens (tertiary/aromatic N) is 1. The number of aryl methyl sites for hydroxylation is 1. The predicted molar refractivity (Wildman–Crippen MR) is 73.0 cm³/mol. The van der Waals surface area contributed by atoms with Crippen molar-refractivity contribution >= 4 is 11.0 Å². The minimum atomic E-state index is 0.0229. The second-order valence-electron chi connectivity index (χ2n) is 5.35. The molecule has 0 spiro atoms. The van der Waals surface area contributed by atoms with Crippen LogP contribution in [0.15, 0.2) is 23.0 Å². The molecule has 2 unspecified atom stereocenters. The molecule has 1 saturated heterocycles. The Morgan fingerprint density at radius 1 is 1.39 bits per heavy atom. The van der Waals surface area contributed by atoms with Crippen molar-refractivity contribution in [3.63, 3.8) is 0 Å². The number of H-pyrrole nitrogens is 1. The van der Waals surface area contributed by atoms with Gasteiger partial charge in [-0.1, -0.05) is 6.07 Å². The van der Waals surface area contributed by atoms with Crippen LogP contribution in [0.3, 0.4) is 0 Å². The van der Waals surface area contributed by atoms with Crippen molar-refractivity contribution in [3.8, 4) is 0 Å². The van der Waals surface area contributed by atoms with E-state index in [2.05, 4.69) is 30.2 Å². The van der Waals surface area contributed by atoms with Gasteiger partial charge >= 0.3 is 5.69 Å². The molecule has 0 bridgehead atoms. The highest BCUT2D eigenvalue weighted by molar-refractivity contribution is 5.76. The Hall–Kier alpha value is -1.55. The van der Waals surface area contributed by atoms with Crippen LogP contribution in [0, 0.1) is 6.92 Å². The van der Waals surface area contributed by atoms with Crippen molar-refractivity contribution in [1.29, 1.82) is 0 Å². The molecule has 2 atom stereocenters. The fourth-order valence-electron chi connectivity index (χ4n) is 2.93. The zero-order chi connectivity index (χ0) is 12.7. The van der Waals surface area contributed by atoms with Gasteiger partial charge < -0.3 is 10.3 Å². The monoisotopic (exact) mass is 245 g/mol. The number of aromatic nitrogens is 2. The maximum atomic E-state index is 12.1. The second-order valence-corrected chi connectivity index (χ2v) is 5.35. The van der Waals surface area contributed by atoms with Gasteiger partial charge in [-0.3, -0.25) is 4.57 Å². The molecule has 4 nitrogen and oxygen atoms in total. The van der Waals surface area contributed by atoms with Crippen molar-refractivity contribution in [2.24, 2.45) is 0 Å². The standard InChI is InChI=1S/C14H19N3O/c1-9-3-4-12-13(7-9)17(14(18)16-12)11-5-6-15-10(2)8-11/h3-4,7,10-11,15H,5-6,8H2,1-2H3,(H,16,18). The first kappa shape index (κ1) is 11.5. The van der Waals surface area contributed by atoms with Gasteiger partial charge in [0.25, 0.3) is 0 Å². The third-order valence-corrected chi connectivity index (χ3v) is 3.83. The molecule has 0 radical (unpaired) electrons. The van der Waals surface area contributed by atoms with E-state index in [1.807, 2.05) is 16.7 Å². The fraction of sp³-hybridized carbons (Fsp3) is 0.500. The lowest BCUT2D eigenvalue weighted by Gasteiger charge is -2.28. The summed E-state index contributed by atoms with van der Waals surface area (Å²) in [4.78, 5) is 15.1. The Kier molecular flexibility index (Phi) is 2.74. The number of hydrogen-bond donors (Lipinski definition) is 2. The number of imidazole rings is 1. The Morgan fingerprint density at radius 3 is 3.00 bits per heavy atom. The minimum absolute atomic E-state index is 0.0229. The summed E-state index contributed by atoms with van der Waals surface area (Å²) in [5, 5.41) is 3.43. The molecule has 0 amide bonds. The van der Waals surface area contributed by atoms with E-state index in [0.29, 0.717) is 12.1 Å². The summed E-state index contributed by atoms with van der Waals surface area (Å²) in [5.41, 5.74) is 3.20. The Balaban J connectivity index is 2.12. The molecule has 1 aromatic carbocycles. The summed E-state index contributed by atoms with van der Waals surface area (Å²) in [6.45, 7) is 5.22. The quantitative estimate of drug-likeness (QED) is 0.807. The smallest absolute Gasteiger partial charge is 0.314 e. The highest BCUT2D eigenvalue weighted by atomic mass is 16.1. The highest BCUT2D eigenvalue weighted by Crippen LogP contribution is 2.24. The van der Waals surface area contributed by atoms with Gasteiger partial charge in [0.1, 0.15) is 0 Å². The molecule has 0 aliphatic carbocycles. The largest absolute Gasteiger partial charge is 0.326 e. The number of nitrogens with one attached hydrogen (secondary N) is 2. The molecule has 0 saturated carbocycles. The predicted octanol–water partition coefficient (Wildman–Crippen LogP) is 1.95. The van der Waals surface area contributed by atoms with E-state index in [1.54, 1.807) is 0 Å². The van der Waals surface area contributed by atoms with Gasteiger partial charge in [0, 0.05) is 12.1 Å². The molecule has 1 aliphatic rings. The molecular weight excluding hydrogens is 226 g/mol. The van der Waals surface area contributed by atoms with Crippen molar-refractivity contribution in [2.75, 3.05) is 6.54 Å². The van der Waals surface area contributed by atoms with Gasteiger partial charge in [-0.2, -0.15) is 0 Å². The Morgan fingerprint density at radius 2 is 2.22 bits per heavy atom. The highest BCUT2D eigenvalue weighted by Gasteiger charge is 2.22. The molecular formula is C14H19N3O. The summed E-state index contributed by atoms with van der Waals surface area (Å²) in [6, 6.07) is 6.91. The Labute approximate surface area is 106 Å². The molecule has 1 fully saturated rings. The first-order valence-electron chi connectivity index (χ1n) is 6.59. The van der Waals surface area contributed by atoms with Crippen LogP contribution < -0.4 is 11.0 Å². The third kappa shape index (κ3) is 1.86. The molecule has 1 aliphatic heterocycles. The van der Waals surface area contributed by atoms with Gasteiger partial charge in [-0.25, -0.2) is 4.79 Å². The van der Waals surface area contributed by atoms with Gasteiger partial charge in [0.2, 0.25) is 0 Å². The molecule has 3 rings (SSSR count). The van der Waals surface area contributed by atoms with Crippen LogP contribution in [0.5, 0.6) is 0 Å². The molecule has 2 N–H and O–H groups in total. The number of rotatable bonds is 1. The van der Waals surface area contributed by atoms with E-state index in [1.165, 1.54) is 5.56 Å². The van der Waals surface area contributed by atoms with Crippen LogP contribution in [-0.4, -0.2) is 22.1 Å². The van der Waals surface area contributed by atoms with Crippen molar-refractivity contribution < 1.29 is 0 Å². The van der Waals surface area contributed by atoms with E-state index in [9.17, 15) is 4.79 Å². The maximum Gasteiger partial charge on any atom is 0.326 e. The molecule has 1 aromatic heterocycles. The lowest BCUT2D eigenvalue weighted by atomic mass is 10.0. The summed E-state index contributed by atoms with van der Waals surface area (Å²) < 4.78 is 1.94. The van der Waals surface area contributed by atoms with Crippen molar-refractivity contribution in [3.05, 3.63) is 34.2 Å². The number of piperidine rings is 1. The molecule has 2 aromatic rings. The van der Waals surface area contributed by atoms with Crippen LogP contribution in [0.25, 0.3) is 11.0 Å². The number of fused-ring (bicyclic) bond motifs is 1. The van der Waals surface area contributed by atoms with Crippen LogP contribution >= 0.6 is 0 Å². The topological polar surface area (TPSA) is 49.8 Å². The van der Waals surface area contributed by atoms with Gasteiger partial charge in [-0.05, 0) is 50.9 Å². The number of hydrogen-bond acceptors (Lipinski definition) is 2. The van der Waals surface area contributed by atoms with Crippen LogP contribution in [0.4, 0.5) is 0 Å². The number of aromatic amines is 1. The first-order chi connectivity index (χ1) is 8.65. The van der Waals surface area contributed by atoms with Crippen LogP contribution in [0.2, 0.25) is 0 Å². The normalized spacial score (nSPS) is 24.6. The zero-order valence-corrected chi connectivity index (χ0v) is 10.9. The average Bonchev–Trinajstić information content (AvgIpc) is 2.64. The summed E-state index contributed by atoms with van der Waals surface area (Å²) >= 11 is 0. The molecule has 2 heterocycles. The van der Waals surface area contributed by atoms with Crippen molar-refractivity contribution in [1.82, 2.24) is 14.9 Å². The van der Waals surface area contributed by atoms with Gasteiger partial charge in [0.15, 0.2) is 0 Å². The SMILES string of the molecule is Cc1ccc2[nH]c(=O)n(C3CCNC(C)C3)c2c1. The van der Waals surface area contributed by atoms with Gasteiger partial charge in [0.05, 0.1) is 11.0 Å². The van der Waals surface area contributed by atoms with Gasteiger partial charge in [-0.15, -0.1) is 0 Å². The molecule has 4 heteroatoms. The van der Waals surface area contributed by atoms with Crippen molar-refractivity contribution in [2.45, 2.75) is 38.8 Å².